The third-order valence-electron chi connectivity index (χ3n) is 11.4. The highest BCUT2D eigenvalue weighted by Gasteiger charge is 2.51. The van der Waals surface area contributed by atoms with Gasteiger partial charge >= 0.3 is 12.0 Å². The molecule has 5 atom stereocenters. The quantitative estimate of drug-likeness (QED) is 0.147. The number of rotatable bonds is 12. The van der Waals surface area contributed by atoms with Crippen molar-refractivity contribution in [1.82, 2.24) is 20.9 Å². The first-order chi connectivity index (χ1) is 27.3. The van der Waals surface area contributed by atoms with Crippen molar-refractivity contribution in [1.29, 1.82) is 0 Å². The fraction of sp³-hybridized carbons (Fsp3) is 0.386. The second-order valence-electron chi connectivity index (χ2n) is 14.9. The number of anilines is 1. The van der Waals surface area contributed by atoms with Gasteiger partial charge in [-0.2, -0.15) is 0 Å². The van der Waals surface area contributed by atoms with E-state index in [0.29, 0.717) is 32.5 Å². The van der Waals surface area contributed by atoms with Crippen molar-refractivity contribution in [3.8, 4) is 0 Å². The predicted octanol–water partition coefficient (Wildman–Crippen LogP) is 4.98. The smallest absolute Gasteiger partial charge is 0.328 e. The molecule has 3 saturated heterocycles. The van der Waals surface area contributed by atoms with Gasteiger partial charge in [0.25, 0.3) is 0 Å². The summed E-state index contributed by atoms with van der Waals surface area (Å²) in [6.45, 7) is 5.07. The number of para-hydroxylation sites is 1. The zero-order chi connectivity index (χ0) is 39.1. The van der Waals surface area contributed by atoms with Crippen LogP contribution < -0.4 is 20.9 Å². The molecule has 0 unspecified atom stereocenters. The summed E-state index contributed by atoms with van der Waals surface area (Å²) in [7, 11) is 1.30. The summed E-state index contributed by atoms with van der Waals surface area (Å²) < 4.78 is 18.4. The Kier molecular flexibility index (Phi) is 12.3. The predicted molar refractivity (Wildman–Crippen MR) is 211 cm³/mol. The molecular formula is C44H51N5O7. The molecule has 4 N–H and O–H groups in total. The second-order valence-corrected chi connectivity index (χ2v) is 14.9. The minimum atomic E-state index is -0.828. The van der Waals surface area contributed by atoms with Crippen LogP contribution >= 0.6 is 0 Å². The molecule has 0 radical (unpaired) electrons. The number of hydrogen-bond acceptors (Lipinski definition) is 9. The number of urea groups is 1. The molecule has 3 fully saturated rings. The van der Waals surface area contributed by atoms with Crippen molar-refractivity contribution in [3.05, 3.63) is 137 Å². The first kappa shape index (κ1) is 39.0. The van der Waals surface area contributed by atoms with Crippen molar-refractivity contribution in [3.63, 3.8) is 0 Å². The Morgan fingerprint density at radius 3 is 2.18 bits per heavy atom. The van der Waals surface area contributed by atoms with E-state index >= 15 is 0 Å². The van der Waals surface area contributed by atoms with Crippen LogP contribution in [-0.2, 0) is 43.4 Å². The molecule has 12 nitrogen and oxygen atoms in total. The van der Waals surface area contributed by atoms with E-state index in [2.05, 4.69) is 44.8 Å². The molecule has 3 aliphatic heterocycles. The van der Waals surface area contributed by atoms with Crippen LogP contribution in [-0.4, -0.2) is 79.0 Å². The Labute approximate surface area is 328 Å². The number of amides is 3. The fourth-order valence-electron chi connectivity index (χ4n) is 8.09. The topological polar surface area (TPSA) is 142 Å². The van der Waals surface area contributed by atoms with Gasteiger partial charge in [-0.15, -0.1) is 0 Å². The van der Waals surface area contributed by atoms with Gasteiger partial charge in [0.15, 0.2) is 6.29 Å². The minimum Gasteiger partial charge on any atom is -0.467 e. The zero-order valence-electron chi connectivity index (χ0n) is 31.9. The summed E-state index contributed by atoms with van der Waals surface area (Å²) in [5.41, 5.74) is 4.94. The largest absolute Gasteiger partial charge is 0.467 e. The van der Waals surface area contributed by atoms with Crippen molar-refractivity contribution in [2.75, 3.05) is 38.3 Å². The molecule has 3 heterocycles. The van der Waals surface area contributed by atoms with Gasteiger partial charge in [-0.1, -0.05) is 104 Å². The van der Waals surface area contributed by atoms with Crippen molar-refractivity contribution >= 4 is 23.6 Å². The standard InChI is InChI=1S/C44H51N5O7/c1-30-38(27-48-23-21-44(22-24-48)42(52)46-29-49(44)36-11-7-4-8-12-36)55-41(56-39(30)34-17-15-33(28-50)16-18-34)35-19-13-32(14-20-35)26-45-43(53)47-37(40(51)54-2)25-31-9-5-3-6-10-31/h3-20,30,37-39,41,50H,21-29H2,1-2H3,(H,46,52)(H2,45,47,53)/t30-,37-,38+,39+,41+/m0/s1. The summed E-state index contributed by atoms with van der Waals surface area (Å²) in [6.07, 6.45) is 0.659. The Morgan fingerprint density at radius 1 is 0.875 bits per heavy atom. The normalized spacial score (nSPS) is 22.6. The molecule has 3 amide bonds. The molecule has 3 aliphatic rings. The number of methoxy groups -OCH3 is 1. The zero-order valence-corrected chi connectivity index (χ0v) is 31.9. The molecule has 7 rings (SSSR count). The van der Waals surface area contributed by atoms with Crippen LogP contribution in [0.15, 0.2) is 109 Å². The average Bonchev–Trinajstić information content (AvgIpc) is 3.56. The van der Waals surface area contributed by atoms with E-state index in [4.69, 9.17) is 14.2 Å². The van der Waals surface area contributed by atoms with E-state index in [9.17, 15) is 19.5 Å². The first-order valence-corrected chi connectivity index (χ1v) is 19.4. The molecule has 294 valence electrons. The number of aliphatic hydroxyl groups excluding tert-OH is 1. The van der Waals surface area contributed by atoms with Gasteiger partial charge in [0, 0.05) is 49.8 Å². The van der Waals surface area contributed by atoms with Crippen LogP contribution in [0, 0.1) is 5.92 Å². The first-order valence-electron chi connectivity index (χ1n) is 19.4. The molecule has 0 bridgehead atoms. The maximum Gasteiger partial charge on any atom is 0.328 e. The number of ether oxygens (including phenoxy) is 3. The van der Waals surface area contributed by atoms with E-state index < -0.39 is 29.9 Å². The third-order valence-corrected chi connectivity index (χ3v) is 11.4. The number of hydrogen-bond donors (Lipinski definition) is 4. The molecule has 1 spiro atoms. The second kappa shape index (κ2) is 17.7. The highest BCUT2D eigenvalue weighted by Crippen LogP contribution is 2.43. The lowest BCUT2D eigenvalue weighted by atomic mass is 9.84. The number of nitrogens with one attached hydrogen (secondary N) is 3. The van der Waals surface area contributed by atoms with Crippen LogP contribution in [0.3, 0.4) is 0 Å². The van der Waals surface area contributed by atoms with Gasteiger partial charge in [0.05, 0.1) is 32.6 Å². The van der Waals surface area contributed by atoms with Crippen molar-refractivity contribution in [2.45, 2.75) is 69.4 Å². The maximum absolute atomic E-state index is 13.3. The number of carbonyl (C=O) groups is 3. The van der Waals surface area contributed by atoms with Crippen LogP contribution in [0.5, 0.6) is 0 Å². The number of esters is 1. The molecule has 0 saturated carbocycles. The lowest BCUT2D eigenvalue weighted by molar-refractivity contribution is -0.276. The highest BCUT2D eigenvalue weighted by atomic mass is 16.7. The van der Waals surface area contributed by atoms with Crippen molar-refractivity contribution in [2.24, 2.45) is 5.92 Å². The average molecular weight is 762 g/mol. The Bertz CT molecular complexity index is 1920. The lowest BCUT2D eigenvalue weighted by Gasteiger charge is -2.46. The third kappa shape index (κ3) is 8.74. The molecule has 4 aromatic rings. The summed E-state index contributed by atoms with van der Waals surface area (Å²) in [4.78, 5) is 43.2. The fourth-order valence-corrected chi connectivity index (χ4v) is 8.09. The number of benzene rings is 4. The molecule has 12 heteroatoms. The monoisotopic (exact) mass is 761 g/mol. The van der Waals surface area contributed by atoms with Crippen LogP contribution in [0.2, 0.25) is 0 Å². The van der Waals surface area contributed by atoms with Gasteiger partial charge in [-0.3, -0.25) is 4.79 Å². The number of aliphatic hydroxyl groups is 1. The van der Waals surface area contributed by atoms with Crippen molar-refractivity contribution < 1.29 is 33.7 Å². The van der Waals surface area contributed by atoms with Crippen LogP contribution in [0.25, 0.3) is 0 Å². The summed E-state index contributed by atoms with van der Waals surface area (Å²) in [6, 6.07) is 33.9. The molecule has 0 aliphatic carbocycles. The summed E-state index contributed by atoms with van der Waals surface area (Å²) in [5.74, 6) is -0.414. The molecule has 0 aromatic heterocycles. The SMILES string of the molecule is COC(=O)[C@H](Cc1ccccc1)NC(=O)NCc1ccc([C@@H]2O[C@H](CN3CCC4(CC3)C(=O)NCN4c3ccccc3)[C@H](C)[C@H](c3ccc(CO)cc3)O2)cc1. The van der Waals surface area contributed by atoms with E-state index in [1.165, 1.54) is 7.11 Å². The Balaban J connectivity index is 1.01. The number of carbonyl (C=O) groups excluding carboxylic acids is 3. The van der Waals surface area contributed by atoms with Gasteiger partial charge in [-0.05, 0) is 47.2 Å². The van der Waals surface area contributed by atoms with Gasteiger partial charge in [0.1, 0.15) is 11.6 Å². The van der Waals surface area contributed by atoms with E-state index in [1.54, 1.807) is 0 Å². The Hall–Kier alpha value is -5.27. The van der Waals surface area contributed by atoms with E-state index in [1.807, 2.05) is 97.1 Å². The lowest BCUT2D eigenvalue weighted by Crippen LogP contribution is -2.57. The van der Waals surface area contributed by atoms with E-state index in [0.717, 1.165) is 46.6 Å². The van der Waals surface area contributed by atoms with Gasteiger partial charge in [0.2, 0.25) is 5.91 Å². The number of nitrogens with zero attached hydrogens (tertiary/aromatic N) is 2. The summed E-state index contributed by atoms with van der Waals surface area (Å²) >= 11 is 0. The maximum atomic E-state index is 13.3. The van der Waals surface area contributed by atoms with Crippen LogP contribution in [0.4, 0.5) is 10.5 Å². The number of piperidine rings is 1. The highest BCUT2D eigenvalue weighted by molar-refractivity contribution is 5.93. The molecule has 56 heavy (non-hydrogen) atoms. The Morgan fingerprint density at radius 2 is 1.52 bits per heavy atom. The van der Waals surface area contributed by atoms with E-state index in [-0.39, 0.29) is 37.2 Å². The number of likely N-dealkylation sites (tertiary alicyclic amines) is 1. The minimum absolute atomic E-state index is 0.00963. The van der Waals surface area contributed by atoms with Crippen LogP contribution in [0.1, 0.15) is 60.0 Å². The van der Waals surface area contributed by atoms with Gasteiger partial charge in [-0.25, -0.2) is 9.59 Å². The summed E-state index contributed by atoms with van der Waals surface area (Å²) in [5, 5.41) is 18.4. The molecule has 4 aromatic carbocycles. The van der Waals surface area contributed by atoms with Gasteiger partial charge < -0.3 is 45.1 Å². The molecular weight excluding hydrogens is 711 g/mol.